The maximum atomic E-state index is 13.7. The fraction of sp³-hybridized carbons (Fsp3) is 0.261. The number of carbonyl (C=O) groups excluding carboxylic acids is 1. The first-order chi connectivity index (χ1) is 16.8. The Kier molecular flexibility index (Phi) is 9.25. The topological polar surface area (TPSA) is 94.6 Å². The van der Waals surface area contributed by atoms with Gasteiger partial charge in [-0.2, -0.15) is 12.6 Å². The average Bonchev–Trinajstić information content (AvgIpc) is 2.86. The number of alkyl halides is 1. The van der Waals surface area contributed by atoms with E-state index in [1.165, 1.54) is 26.6 Å². The van der Waals surface area contributed by atoms with E-state index in [0.717, 1.165) is 5.56 Å². The number of para-hydroxylation sites is 1. The molecule has 0 aliphatic carbocycles. The molecule has 0 aliphatic heterocycles. The van der Waals surface area contributed by atoms with E-state index in [9.17, 15) is 9.18 Å². The van der Waals surface area contributed by atoms with Crippen molar-refractivity contribution in [2.24, 2.45) is 0 Å². The van der Waals surface area contributed by atoms with Gasteiger partial charge in [0.05, 0.1) is 48.0 Å². The maximum absolute atomic E-state index is 13.7. The highest BCUT2D eigenvalue weighted by atomic mass is 35.5. The summed E-state index contributed by atoms with van der Waals surface area (Å²) >= 11 is 16.6. The van der Waals surface area contributed by atoms with Crippen molar-refractivity contribution < 1.29 is 23.4 Å². The molecular weight excluding hydrogens is 518 g/mol. The largest absolute Gasteiger partial charge is 0.495 e. The van der Waals surface area contributed by atoms with Crippen LogP contribution in [0.15, 0.2) is 36.7 Å². The molecule has 1 aromatic heterocycles. The number of nitrogens with one attached hydrogen (secondary N) is 2. The number of aromatic nitrogens is 2. The molecule has 1 atom stereocenters. The lowest BCUT2D eigenvalue weighted by Crippen LogP contribution is -2.25. The summed E-state index contributed by atoms with van der Waals surface area (Å²) in [7, 11) is 2.97. The first-order valence-corrected chi connectivity index (χ1v) is 11.6. The third-order valence-electron chi connectivity index (χ3n) is 4.89. The smallest absolute Gasteiger partial charge is 0.259 e. The zero-order valence-electron chi connectivity index (χ0n) is 19.1. The van der Waals surface area contributed by atoms with E-state index in [1.807, 2.05) is 13.0 Å². The number of nitrogens with zero attached hydrogens (tertiary/aromatic N) is 2. The Morgan fingerprint density at radius 3 is 2.34 bits per heavy atom. The molecule has 3 aromatic rings. The van der Waals surface area contributed by atoms with Crippen LogP contribution in [0.5, 0.6) is 17.2 Å². The van der Waals surface area contributed by atoms with Gasteiger partial charge in [0.25, 0.3) is 5.91 Å². The second-order valence-electron chi connectivity index (χ2n) is 7.18. The summed E-state index contributed by atoms with van der Waals surface area (Å²) in [6.45, 7) is 1.85. The number of hydrogen-bond donors (Lipinski definition) is 3. The Hall–Kier alpha value is -2.95. The van der Waals surface area contributed by atoms with E-state index in [-0.39, 0.29) is 18.3 Å². The van der Waals surface area contributed by atoms with Crippen LogP contribution >= 0.6 is 35.8 Å². The zero-order valence-corrected chi connectivity index (χ0v) is 21.5. The predicted octanol–water partition coefficient (Wildman–Crippen LogP) is 5.64. The summed E-state index contributed by atoms with van der Waals surface area (Å²) < 4.78 is 29.9. The molecule has 0 spiro atoms. The number of halogens is 3. The third kappa shape index (κ3) is 6.39. The van der Waals surface area contributed by atoms with E-state index in [1.54, 1.807) is 18.2 Å². The van der Waals surface area contributed by atoms with Crippen molar-refractivity contribution in [3.8, 4) is 17.2 Å². The lowest BCUT2D eigenvalue weighted by atomic mass is 10.1. The predicted molar refractivity (Wildman–Crippen MR) is 138 cm³/mol. The second kappa shape index (κ2) is 12.1. The molecular formula is C23H23Cl2FN4O4S. The van der Waals surface area contributed by atoms with Crippen molar-refractivity contribution in [3.05, 3.63) is 57.8 Å². The molecule has 2 aromatic carbocycles. The first kappa shape index (κ1) is 26.7. The number of anilines is 3. The van der Waals surface area contributed by atoms with Gasteiger partial charge in [-0.1, -0.05) is 35.3 Å². The van der Waals surface area contributed by atoms with Crippen LogP contribution in [0, 0.1) is 6.92 Å². The lowest BCUT2D eigenvalue weighted by molar-refractivity contribution is -0.120. The maximum Gasteiger partial charge on any atom is 0.259 e. The van der Waals surface area contributed by atoms with Crippen LogP contribution < -0.4 is 24.8 Å². The van der Waals surface area contributed by atoms with Crippen LogP contribution in [-0.4, -0.2) is 42.0 Å². The van der Waals surface area contributed by atoms with Gasteiger partial charge in [0.15, 0.2) is 11.9 Å². The monoisotopic (exact) mass is 540 g/mol. The Labute approximate surface area is 217 Å². The zero-order chi connectivity index (χ0) is 25.5. The number of carbonyl (C=O) groups is 1. The average molecular weight is 541 g/mol. The van der Waals surface area contributed by atoms with E-state index in [2.05, 4.69) is 33.2 Å². The Balaban J connectivity index is 1.74. The number of aryl methyl sites for hydroxylation is 1. The highest BCUT2D eigenvalue weighted by molar-refractivity contribution is 7.80. The van der Waals surface area contributed by atoms with Crippen LogP contribution in [0.1, 0.15) is 11.1 Å². The summed E-state index contributed by atoms with van der Waals surface area (Å²) in [5, 5.41) is 6.20. The van der Waals surface area contributed by atoms with E-state index in [4.69, 9.17) is 37.4 Å². The first-order valence-electron chi connectivity index (χ1n) is 10.2. The van der Waals surface area contributed by atoms with Gasteiger partial charge in [-0.05, 0) is 18.6 Å². The van der Waals surface area contributed by atoms with E-state index >= 15 is 0 Å². The molecule has 3 rings (SSSR count). The molecule has 35 heavy (non-hydrogen) atoms. The van der Waals surface area contributed by atoms with Crippen molar-refractivity contribution in [1.29, 1.82) is 0 Å². The lowest BCUT2D eigenvalue weighted by Gasteiger charge is -2.16. The molecule has 8 nitrogen and oxygen atoms in total. The quantitative estimate of drug-likeness (QED) is 0.286. The highest BCUT2D eigenvalue weighted by Gasteiger charge is 2.19. The molecule has 0 radical (unpaired) electrons. The second-order valence-corrected chi connectivity index (χ2v) is 8.30. The van der Waals surface area contributed by atoms with Crippen LogP contribution in [0.2, 0.25) is 10.0 Å². The summed E-state index contributed by atoms with van der Waals surface area (Å²) in [4.78, 5) is 20.5. The minimum absolute atomic E-state index is 0.0187. The molecule has 1 amide bonds. The van der Waals surface area contributed by atoms with Crippen molar-refractivity contribution in [1.82, 2.24) is 9.97 Å². The highest BCUT2D eigenvalue weighted by Crippen LogP contribution is 2.40. The Morgan fingerprint density at radius 1 is 1.14 bits per heavy atom. The number of ether oxygens (including phenoxy) is 3. The van der Waals surface area contributed by atoms with Gasteiger partial charge in [-0.15, -0.1) is 0 Å². The van der Waals surface area contributed by atoms with Gasteiger partial charge in [-0.25, -0.2) is 14.4 Å². The number of hydrogen-bond acceptors (Lipinski definition) is 8. The van der Waals surface area contributed by atoms with Crippen LogP contribution in [-0.2, 0) is 11.4 Å². The fourth-order valence-electron chi connectivity index (χ4n) is 3.02. The molecule has 186 valence electrons. The molecule has 0 fully saturated rings. The number of benzene rings is 2. The standard InChI is InChI=1S/C23H23Cl2FN4O4S/c1-12-5-4-6-16(29-22(31)15(26)11-35)21(12)30-23-27-8-13(9-28-23)34-10-14-19(24)17(32-2)7-18(33-3)20(14)25/h4-9,15,35H,10-11H2,1-3H3,(H,29,31)(H,27,28,30)/t15-/m1/s1. The number of rotatable bonds is 10. The molecule has 0 saturated carbocycles. The number of methoxy groups -OCH3 is 2. The number of amides is 1. The van der Waals surface area contributed by atoms with Crippen molar-refractivity contribution >= 4 is 59.1 Å². The van der Waals surface area contributed by atoms with Crippen molar-refractivity contribution in [2.45, 2.75) is 19.7 Å². The molecule has 0 saturated heterocycles. The normalized spacial score (nSPS) is 11.5. The minimum atomic E-state index is -1.73. The third-order valence-corrected chi connectivity index (χ3v) is 6.04. The van der Waals surface area contributed by atoms with Gasteiger partial charge < -0.3 is 24.8 Å². The summed E-state index contributed by atoms with van der Waals surface area (Å²) in [6.07, 6.45) is 1.19. The van der Waals surface area contributed by atoms with Crippen molar-refractivity contribution in [2.75, 3.05) is 30.6 Å². The molecule has 12 heteroatoms. The molecule has 2 N–H and O–H groups in total. The minimum Gasteiger partial charge on any atom is -0.495 e. The van der Waals surface area contributed by atoms with Gasteiger partial charge in [-0.3, -0.25) is 4.79 Å². The Bertz CT molecular complexity index is 1170. The summed E-state index contributed by atoms with van der Waals surface area (Å²) in [5.74, 6) is 0.395. The molecule has 0 bridgehead atoms. The van der Waals surface area contributed by atoms with E-state index < -0.39 is 12.1 Å². The van der Waals surface area contributed by atoms with E-state index in [0.29, 0.717) is 44.2 Å². The molecule has 0 aliphatic rings. The SMILES string of the molecule is COc1cc(OC)c(Cl)c(COc2cnc(Nc3c(C)cccc3NC(=O)[C@H](F)CS)nc2)c1Cl. The van der Waals surface area contributed by atoms with Gasteiger partial charge in [0.2, 0.25) is 5.95 Å². The summed E-state index contributed by atoms with van der Waals surface area (Å²) in [5.41, 5.74) is 2.20. The van der Waals surface area contributed by atoms with Gasteiger partial charge >= 0.3 is 0 Å². The van der Waals surface area contributed by atoms with Crippen molar-refractivity contribution in [3.63, 3.8) is 0 Å². The fourth-order valence-corrected chi connectivity index (χ4v) is 3.79. The Morgan fingerprint density at radius 2 is 1.77 bits per heavy atom. The van der Waals surface area contributed by atoms with Crippen LogP contribution in [0.4, 0.5) is 21.7 Å². The van der Waals surface area contributed by atoms with Gasteiger partial charge in [0.1, 0.15) is 18.1 Å². The summed E-state index contributed by atoms with van der Waals surface area (Å²) in [6, 6.07) is 6.81. The molecule has 0 unspecified atom stereocenters. The number of thiol groups is 1. The van der Waals surface area contributed by atoms with Crippen LogP contribution in [0.25, 0.3) is 0 Å². The van der Waals surface area contributed by atoms with Gasteiger partial charge in [0, 0.05) is 17.4 Å². The van der Waals surface area contributed by atoms with Crippen LogP contribution in [0.3, 0.4) is 0 Å². The molecule has 1 heterocycles.